The number of rotatable bonds is 9. The highest BCUT2D eigenvalue weighted by Gasteiger charge is 2.12. The van der Waals surface area contributed by atoms with Gasteiger partial charge in [-0.3, -0.25) is 9.59 Å². The maximum Gasteiger partial charge on any atom is 0.315 e. The molecule has 2 unspecified atom stereocenters. The molecule has 0 rings (SSSR count). The summed E-state index contributed by atoms with van der Waals surface area (Å²) in [7, 11) is 0. The summed E-state index contributed by atoms with van der Waals surface area (Å²) in [6, 6.07) is -0.458. The molecule has 116 valence electrons. The fourth-order valence-corrected chi connectivity index (χ4v) is 1.62. The van der Waals surface area contributed by atoms with Crippen molar-refractivity contribution in [2.24, 2.45) is 5.92 Å². The highest BCUT2D eigenvalue weighted by Crippen LogP contribution is 2.09. The van der Waals surface area contributed by atoms with E-state index in [1.807, 2.05) is 6.92 Å². The van der Waals surface area contributed by atoms with E-state index in [2.05, 4.69) is 16.0 Å². The lowest BCUT2D eigenvalue weighted by atomic mass is 10.0. The summed E-state index contributed by atoms with van der Waals surface area (Å²) in [5.74, 6) is -1.40. The first-order valence-electron chi connectivity index (χ1n) is 6.90. The van der Waals surface area contributed by atoms with Crippen molar-refractivity contribution in [2.75, 3.05) is 13.1 Å². The average Bonchev–Trinajstić information content (AvgIpc) is 2.36. The monoisotopic (exact) mass is 287 g/mol. The Morgan fingerprint density at radius 3 is 2.30 bits per heavy atom. The lowest BCUT2D eigenvalue weighted by molar-refractivity contribution is -0.141. The second-order valence-electron chi connectivity index (χ2n) is 4.85. The van der Waals surface area contributed by atoms with Gasteiger partial charge >= 0.3 is 12.0 Å². The van der Waals surface area contributed by atoms with Crippen LogP contribution in [0.2, 0.25) is 0 Å². The molecule has 0 fully saturated rings. The molecule has 0 spiro atoms. The molecule has 0 aliphatic heterocycles. The van der Waals surface area contributed by atoms with E-state index in [9.17, 15) is 14.4 Å². The molecule has 20 heavy (non-hydrogen) atoms. The summed E-state index contributed by atoms with van der Waals surface area (Å²) in [4.78, 5) is 33.2. The highest BCUT2D eigenvalue weighted by atomic mass is 16.4. The number of aliphatic carboxylic acids is 1. The van der Waals surface area contributed by atoms with Gasteiger partial charge in [0.2, 0.25) is 5.91 Å². The Morgan fingerprint density at radius 2 is 1.75 bits per heavy atom. The maximum atomic E-state index is 11.5. The van der Waals surface area contributed by atoms with Gasteiger partial charge in [0, 0.05) is 12.6 Å². The van der Waals surface area contributed by atoms with Crippen LogP contribution in [-0.2, 0) is 9.59 Å². The molecular formula is C13H25N3O4. The first-order chi connectivity index (χ1) is 9.36. The predicted molar refractivity (Wildman–Crippen MR) is 75.3 cm³/mol. The number of carbonyl (C=O) groups excluding carboxylic acids is 2. The molecule has 2 atom stereocenters. The molecule has 3 amide bonds. The summed E-state index contributed by atoms with van der Waals surface area (Å²) in [6.45, 7) is 5.79. The van der Waals surface area contributed by atoms with Crippen molar-refractivity contribution in [3.05, 3.63) is 0 Å². The minimum Gasteiger partial charge on any atom is -0.481 e. The van der Waals surface area contributed by atoms with Gasteiger partial charge in [0.25, 0.3) is 0 Å². The molecule has 7 heteroatoms. The maximum absolute atomic E-state index is 11.5. The summed E-state index contributed by atoms with van der Waals surface area (Å²) in [5.41, 5.74) is 0. The normalized spacial score (nSPS) is 13.2. The van der Waals surface area contributed by atoms with E-state index < -0.39 is 12.0 Å². The Kier molecular flexibility index (Phi) is 9.15. The summed E-state index contributed by atoms with van der Waals surface area (Å²) in [6.07, 6.45) is 2.01. The van der Waals surface area contributed by atoms with Gasteiger partial charge in [0.1, 0.15) is 0 Å². The standard InChI is InChI=1S/C13H25N3O4/c1-4-14-11(17)8-15-13(20)16-10(3)7-5-6-9(2)12(18)19/h9-10H,4-8H2,1-3H3,(H,14,17)(H,18,19)(H2,15,16,20). The third-order valence-corrected chi connectivity index (χ3v) is 2.86. The van der Waals surface area contributed by atoms with Crippen molar-refractivity contribution < 1.29 is 19.5 Å². The lowest BCUT2D eigenvalue weighted by Crippen LogP contribution is -2.44. The van der Waals surface area contributed by atoms with Gasteiger partial charge in [-0.25, -0.2) is 4.79 Å². The molecule has 0 saturated heterocycles. The number of hydrogen-bond acceptors (Lipinski definition) is 3. The molecule has 0 aromatic rings. The average molecular weight is 287 g/mol. The van der Waals surface area contributed by atoms with Crippen LogP contribution in [0.3, 0.4) is 0 Å². The molecule has 0 bridgehead atoms. The van der Waals surface area contributed by atoms with Crippen LogP contribution in [0.25, 0.3) is 0 Å². The first kappa shape index (κ1) is 18.2. The molecule has 0 aliphatic rings. The quantitative estimate of drug-likeness (QED) is 0.500. The van der Waals surface area contributed by atoms with Crippen LogP contribution in [-0.4, -0.2) is 42.1 Å². The van der Waals surface area contributed by atoms with Gasteiger partial charge in [-0.2, -0.15) is 0 Å². The van der Waals surface area contributed by atoms with Gasteiger partial charge in [-0.1, -0.05) is 13.3 Å². The van der Waals surface area contributed by atoms with Crippen LogP contribution in [0.5, 0.6) is 0 Å². The van der Waals surface area contributed by atoms with E-state index in [0.717, 1.165) is 6.42 Å². The first-order valence-corrected chi connectivity index (χ1v) is 6.90. The number of urea groups is 1. The van der Waals surface area contributed by atoms with Crippen LogP contribution >= 0.6 is 0 Å². The van der Waals surface area contributed by atoms with Gasteiger partial charge in [-0.05, 0) is 26.7 Å². The van der Waals surface area contributed by atoms with Gasteiger partial charge < -0.3 is 21.1 Å². The predicted octanol–water partition coefficient (Wildman–Crippen LogP) is 0.701. The van der Waals surface area contributed by atoms with Gasteiger partial charge in [-0.15, -0.1) is 0 Å². The smallest absolute Gasteiger partial charge is 0.315 e. The lowest BCUT2D eigenvalue weighted by Gasteiger charge is -2.15. The SMILES string of the molecule is CCNC(=O)CNC(=O)NC(C)CCCC(C)C(=O)O. The van der Waals surface area contributed by atoms with E-state index in [1.54, 1.807) is 13.8 Å². The number of nitrogens with one attached hydrogen (secondary N) is 3. The number of likely N-dealkylation sites (N-methyl/N-ethyl adjacent to an activating group) is 1. The van der Waals surface area contributed by atoms with Crippen LogP contribution in [0.15, 0.2) is 0 Å². The largest absolute Gasteiger partial charge is 0.481 e. The van der Waals surface area contributed by atoms with Crippen molar-refractivity contribution in [1.82, 2.24) is 16.0 Å². The van der Waals surface area contributed by atoms with Crippen LogP contribution in [0.4, 0.5) is 4.79 Å². The molecule has 7 nitrogen and oxygen atoms in total. The number of carboxylic acids is 1. The molecule has 4 N–H and O–H groups in total. The summed E-state index contributed by atoms with van der Waals surface area (Å²) >= 11 is 0. The second kappa shape index (κ2) is 10.1. The Bertz CT molecular complexity index is 334. The van der Waals surface area contributed by atoms with E-state index in [0.29, 0.717) is 19.4 Å². The Hall–Kier alpha value is -1.79. The Balaban J connectivity index is 3.74. The summed E-state index contributed by atoms with van der Waals surface area (Å²) in [5, 5.41) is 16.5. The Labute approximate surface area is 119 Å². The second-order valence-corrected chi connectivity index (χ2v) is 4.85. The molecule has 0 heterocycles. The minimum atomic E-state index is -0.801. The van der Waals surface area contributed by atoms with Crippen molar-refractivity contribution in [3.63, 3.8) is 0 Å². The minimum absolute atomic E-state index is 0.0531. The summed E-state index contributed by atoms with van der Waals surface area (Å²) < 4.78 is 0. The number of hydrogen-bond donors (Lipinski definition) is 4. The molecule has 0 saturated carbocycles. The zero-order valence-corrected chi connectivity index (χ0v) is 12.4. The molecular weight excluding hydrogens is 262 g/mol. The fourth-order valence-electron chi connectivity index (χ4n) is 1.62. The number of amides is 3. The third-order valence-electron chi connectivity index (χ3n) is 2.86. The van der Waals surface area contributed by atoms with Crippen LogP contribution < -0.4 is 16.0 Å². The molecule has 0 aliphatic carbocycles. The van der Waals surface area contributed by atoms with Crippen molar-refractivity contribution in [2.45, 2.75) is 46.1 Å². The molecule has 0 aromatic heterocycles. The number of carbonyl (C=O) groups is 3. The molecule has 0 aromatic carbocycles. The van der Waals surface area contributed by atoms with Crippen molar-refractivity contribution >= 4 is 17.9 Å². The topological polar surface area (TPSA) is 108 Å². The Morgan fingerprint density at radius 1 is 1.10 bits per heavy atom. The zero-order valence-electron chi connectivity index (χ0n) is 12.4. The number of carboxylic acid groups (broad SMARTS) is 1. The van der Waals surface area contributed by atoms with Crippen molar-refractivity contribution in [3.8, 4) is 0 Å². The van der Waals surface area contributed by atoms with E-state index in [-0.39, 0.29) is 24.4 Å². The molecule has 0 radical (unpaired) electrons. The highest BCUT2D eigenvalue weighted by molar-refractivity contribution is 5.83. The van der Waals surface area contributed by atoms with E-state index in [1.165, 1.54) is 0 Å². The van der Waals surface area contributed by atoms with Crippen LogP contribution in [0.1, 0.15) is 40.0 Å². The van der Waals surface area contributed by atoms with Gasteiger partial charge in [0.05, 0.1) is 12.5 Å². The van der Waals surface area contributed by atoms with E-state index >= 15 is 0 Å². The van der Waals surface area contributed by atoms with Gasteiger partial charge in [0.15, 0.2) is 0 Å². The zero-order chi connectivity index (χ0) is 15.5. The fraction of sp³-hybridized carbons (Fsp3) is 0.769. The van der Waals surface area contributed by atoms with Crippen LogP contribution in [0, 0.1) is 5.92 Å². The van der Waals surface area contributed by atoms with Crippen molar-refractivity contribution in [1.29, 1.82) is 0 Å². The van der Waals surface area contributed by atoms with E-state index in [4.69, 9.17) is 5.11 Å². The third kappa shape index (κ3) is 9.18.